The van der Waals surface area contributed by atoms with Crippen molar-refractivity contribution in [3.63, 3.8) is 0 Å². The van der Waals surface area contributed by atoms with E-state index in [0.717, 1.165) is 12.8 Å². The largest absolute Gasteiger partial charge is 0.481 e. The number of carboxylic acid groups (broad SMARTS) is 1. The van der Waals surface area contributed by atoms with Gasteiger partial charge in [0.2, 0.25) is 0 Å². The fraction of sp³-hybridized carbons (Fsp3) is 0.833. The van der Waals surface area contributed by atoms with E-state index >= 15 is 0 Å². The first-order valence-electron chi connectivity index (χ1n) is 3.07. The number of aliphatic hydroxyl groups is 1. The van der Waals surface area contributed by atoms with E-state index in [1.165, 1.54) is 0 Å². The maximum absolute atomic E-state index is 9.96. The number of carboxylic acids is 1. The minimum absolute atomic E-state index is 0.0937. The van der Waals surface area contributed by atoms with Crippen LogP contribution in [0.1, 0.15) is 25.7 Å². The van der Waals surface area contributed by atoms with Crippen molar-refractivity contribution in [2.24, 2.45) is 0 Å². The molecule has 0 spiro atoms. The summed E-state index contributed by atoms with van der Waals surface area (Å²) in [6.45, 7) is 0. The van der Waals surface area contributed by atoms with Crippen LogP contribution in [0.3, 0.4) is 0 Å². The molecule has 0 aliphatic heterocycles. The summed E-state index contributed by atoms with van der Waals surface area (Å²) in [5.41, 5.74) is -0.599. The van der Waals surface area contributed by atoms with Crippen LogP contribution in [0.25, 0.3) is 0 Å². The van der Waals surface area contributed by atoms with Gasteiger partial charge in [-0.05, 0) is 19.3 Å². The number of carbonyl (C=O) groups is 1. The summed E-state index contributed by atoms with van der Waals surface area (Å²) in [7, 11) is 0. The van der Waals surface area contributed by atoms with Crippen molar-refractivity contribution in [3.05, 3.63) is 0 Å². The summed E-state index contributed by atoms with van der Waals surface area (Å²) < 4.78 is 0. The van der Waals surface area contributed by atoms with E-state index in [-0.39, 0.29) is 6.42 Å². The van der Waals surface area contributed by atoms with Crippen LogP contribution in [0.2, 0.25) is 0 Å². The fourth-order valence-corrected chi connectivity index (χ4v) is 0.734. The Labute approximate surface area is 53.3 Å². The summed E-state index contributed by atoms with van der Waals surface area (Å²) in [6.07, 6.45) is 2.07. The van der Waals surface area contributed by atoms with Gasteiger partial charge in [0.1, 0.15) is 0 Å². The summed E-state index contributed by atoms with van der Waals surface area (Å²) in [6, 6.07) is 0. The molecule has 0 unspecified atom stereocenters. The molecular formula is C6H10O3. The Kier molecular flexibility index (Phi) is 1.45. The van der Waals surface area contributed by atoms with Crippen LogP contribution >= 0.6 is 0 Å². The molecule has 0 amide bonds. The van der Waals surface area contributed by atoms with Gasteiger partial charge < -0.3 is 10.2 Å². The van der Waals surface area contributed by atoms with Gasteiger partial charge >= 0.3 is 5.97 Å². The molecule has 9 heavy (non-hydrogen) atoms. The third kappa shape index (κ3) is 2.01. The quantitative estimate of drug-likeness (QED) is 0.580. The zero-order chi connectivity index (χ0) is 6.91. The molecular weight excluding hydrogens is 120 g/mol. The van der Waals surface area contributed by atoms with Gasteiger partial charge in [0.25, 0.3) is 0 Å². The van der Waals surface area contributed by atoms with Crippen LogP contribution in [-0.2, 0) is 4.79 Å². The van der Waals surface area contributed by atoms with Crippen LogP contribution in [0.4, 0.5) is 0 Å². The standard InChI is InChI=1S/C6H10O3/c7-5(8)1-2-6(9)3-4-6/h9H,1-4H2,(H,7,8). The van der Waals surface area contributed by atoms with Gasteiger partial charge in [-0.2, -0.15) is 0 Å². The number of rotatable bonds is 3. The van der Waals surface area contributed by atoms with Gasteiger partial charge in [0, 0.05) is 6.42 Å². The number of hydrogen-bond acceptors (Lipinski definition) is 2. The maximum Gasteiger partial charge on any atom is 0.303 e. The lowest BCUT2D eigenvalue weighted by Crippen LogP contribution is -2.09. The molecule has 2 N–H and O–H groups in total. The molecule has 0 bridgehead atoms. The fourth-order valence-electron chi connectivity index (χ4n) is 0.734. The first-order chi connectivity index (χ1) is 4.12. The number of hydrogen-bond donors (Lipinski definition) is 2. The van der Waals surface area contributed by atoms with Crippen molar-refractivity contribution in [3.8, 4) is 0 Å². The molecule has 0 radical (unpaired) electrons. The Morgan fingerprint density at radius 2 is 2.11 bits per heavy atom. The summed E-state index contributed by atoms with van der Waals surface area (Å²) >= 11 is 0. The van der Waals surface area contributed by atoms with Crippen molar-refractivity contribution < 1.29 is 15.0 Å². The highest BCUT2D eigenvalue weighted by Gasteiger charge is 2.39. The predicted molar refractivity (Wildman–Crippen MR) is 31.1 cm³/mol. The highest BCUT2D eigenvalue weighted by molar-refractivity contribution is 5.66. The van der Waals surface area contributed by atoms with Crippen LogP contribution in [-0.4, -0.2) is 21.8 Å². The van der Waals surface area contributed by atoms with E-state index in [2.05, 4.69) is 0 Å². The summed E-state index contributed by atoms with van der Waals surface area (Å²) in [5, 5.41) is 17.3. The predicted octanol–water partition coefficient (Wildman–Crippen LogP) is 0.376. The van der Waals surface area contributed by atoms with Crippen LogP contribution < -0.4 is 0 Å². The number of aliphatic carboxylic acids is 1. The van der Waals surface area contributed by atoms with Gasteiger partial charge in [-0.15, -0.1) is 0 Å². The second-order valence-corrected chi connectivity index (χ2v) is 2.62. The molecule has 0 saturated heterocycles. The zero-order valence-corrected chi connectivity index (χ0v) is 5.13. The first kappa shape index (κ1) is 6.55. The van der Waals surface area contributed by atoms with E-state index < -0.39 is 11.6 Å². The summed E-state index contributed by atoms with van der Waals surface area (Å²) in [5.74, 6) is -0.824. The van der Waals surface area contributed by atoms with Gasteiger partial charge in [-0.3, -0.25) is 4.79 Å². The van der Waals surface area contributed by atoms with Crippen LogP contribution in [0.15, 0.2) is 0 Å². The smallest absolute Gasteiger partial charge is 0.303 e. The van der Waals surface area contributed by atoms with Crippen molar-refractivity contribution in [1.82, 2.24) is 0 Å². The molecule has 1 rings (SSSR count). The SMILES string of the molecule is O=C(O)CCC1(O)CC1. The molecule has 1 aliphatic carbocycles. The van der Waals surface area contributed by atoms with Crippen LogP contribution in [0, 0.1) is 0 Å². The van der Waals surface area contributed by atoms with E-state index in [1.54, 1.807) is 0 Å². The Balaban J connectivity index is 2.12. The van der Waals surface area contributed by atoms with Gasteiger partial charge in [-0.25, -0.2) is 0 Å². The molecule has 1 fully saturated rings. The van der Waals surface area contributed by atoms with E-state index in [0.29, 0.717) is 6.42 Å². The topological polar surface area (TPSA) is 57.5 Å². The van der Waals surface area contributed by atoms with Crippen molar-refractivity contribution in [2.45, 2.75) is 31.3 Å². The molecule has 0 aromatic carbocycles. The normalized spacial score (nSPS) is 21.4. The molecule has 1 aliphatic rings. The Hall–Kier alpha value is -0.570. The second kappa shape index (κ2) is 1.99. The highest BCUT2D eigenvalue weighted by atomic mass is 16.4. The minimum Gasteiger partial charge on any atom is -0.481 e. The first-order valence-corrected chi connectivity index (χ1v) is 3.07. The van der Waals surface area contributed by atoms with Crippen molar-refractivity contribution in [1.29, 1.82) is 0 Å². The van der Waals surface area contributed by atoms with E-state index in [1.807, 2.05) is 0 Å². The average Bonchev–Trinajstić information content (AvgIpc) is 2.45. The molecule has 1 saturated carbocycles. The van der Waals surface area contributed by atoms with Gasteiger partial charge in [-0.1, -0.05) is 0 Å². The minimum atomic E-state index is -0.824. The van der Waals surface area contributed by atoms with Crippen LogP contribution in [0.5, 0.6) is 0 Å². The van der Waals surface area contributed by atoms with Crippen molar-refractivity contribution >= 4 is 5.97 Å². The molecule has 3 heteroatoms. The van der Waals surface area contributed by atoms with E-state index in [9.17, 15) is 4.79 Å². The lowest BCUT2D eigenvalue weighted by Gasteiger charge is -2.01. The average molecular weight is 130 g/mol. The molecule has 0 heterocycles. The van der Waals surface area contributed by atoms with Gasteiger partial charge in [0.05, 0.1) is 5.60 Å². The third-order valence-corrected chi connectivity index (χ3v) is 1.63. The third-order valence-electron chi connectivity index (χ3n) is 1.63. The Morgan fingerprint density at radius 1 is 1.56 bits per heavy atom. The van der Waals surface area contributed by atoms with E-state index in [4.69, 9.17) is 10.2 Å². The monoisotopic (exact) mass is 130 g/mol. The lowest BCUT2D eigenvalue weighted by molar-refractivity contribution is -0.137. The Bertz CT molecular complexity index is 126. The molecule has 0 aromatic rings. The maximum atomic E-state index is 9.96. The van der Waals surface area contributed by atoms with Crippen molar-refractivity contribution in [2.75, 3.05) is 0 Å². The summed E-state index contributed by atoms with van der Waals surface area (Å²) in [4.78, 5) is 9.96. The van der Waals surface area contributed by atoms with Gasteiger partial charge in [0.15, 0.2) is 0 Å². The molecule has 3 nitrogen and oxygen atoms in total. The highest BCUT2D eigenvalue weighted by Crippen LogP contribution is 2.39. The molecule has 0 atom stereocenters. The molecule has 52 valence electrons. The Morgan fingerprint density at radius 3 is 2.44 bits per heavy atom. The lowest BCUT2D eigenvalue weighted by atomic mass is 10.2. The zero-order valence-electron chi connectivity index (χ0n) is 5.13. The molecule has 0 aromatic heterocycles. The second-order valence-electron chi connectivity index (χ2n) is 2.62.